The lowest BCUT2D eigenvalue weighted by Crippen LogP contribution is -2.57. The molecule has 0 radical (unpaired) electrons. The van der Waals surface area contributed by atoms with Gasteiger partial charge in [-0.2, -0.15) is 0 Å². The molecule has 5 nitrogen and oxygen atoms in total. The Morgan fingerprint density at radius 2 is 2.00 bits per heavy atom. The van der Waals surface area contributed by atoms with Crippen molar-refractivity contribution in [1.82, 2.24) is 15.4 Å². The van der Waals surface area contributed by atoms with E-state index in [0.717, 1.165) is 36.7 Å². The van der Waals surface area contributed by atoms with Gasteiger partial charge in [-0.25, -0.2) is 0 Å². The molecule has 1 heterocycles. The summed E-state index contributed by atoms with van der Waals surface area (Å²) in [4.78, 5) is 2.09. The number of nitrogens with zero attached hydrogens (tertiary/aromatic N) is 2. The molecule has 3 rings (SSSR count). The number of methoxy groups -OCH3 is 1. The molecular weight excluding hydrogens is 326 g/mol. The van der Waals surface area contributed by atoms with Crippen molar-refractivity contribution in [2.45, 2.75) is 45.8 Å². The number of benzene rings is 1. The summed E-state index contributed by atoms with van der Waals surface area (Å²) in [6, 6.07) is 10.9. The summed E-state index contributed by atoms with van der Waals surface area (Å²) in [5.74, 6) is 2.48. The number of hydrogen-bond donors (Lipinski definition) is 1. The molecule has 1 fully saturated rings. The molecule has 2 atom stereocenters. The van der Waals surface area contributed by atoms with Crippen molar-refractivity contribution in [2.24, 2.45) is 11.3 Å². The molecule has 0 spiro atoms. The van der Waals surface area contributed by atoms with E-state index >= 15 is 0 Å². The number of aromatic nitrogens is 1. The topological polar surface area (TPSA) is 50.5 Å². The van der Waals surface area contributed by atoms with E-state index in [2.05, 4.69) is 47.4 Å². The van der Waals surface area contributed by atoms with Crippen LogP contribution in [0.4, 0.5) is 0 Å². The monoisotopic (exact) mass is 357 g/mol. The van der Waals surface area contributed by atoms with E-state index in [1.165, 1.54) is 12.0 Å². The van der Waals surface area contributed by atoms with E-state index in [1.807, 2.05) is 26.2 Å². The van der Waals surface area contributed by atoms with Gasteiger partial charge in [-0.3, -0.25) is 0 Å². The molecule has 1 aliphatic rings. The fourth-order valence-electron chi connectivity index (χ4n) is 3.78. The third-order valence-electron chi connectivity index (χ3n) is 5.72. The van der Waals surface area contributed by atoms with Crippen LogP contribution in [-0.4, -0.2) is 37.3 Å². The van der Waals surface area contributed by atoms with Gasteiger partial charge in [0, 0.05) is 18.7 Å². The predicted octanol–water partition coefficient (Wildman–Crippen LogP) is 3.49. The molecule has 0 saturated heterocycles. The lowest BCUT2D eigenvalue weighted by Gasteiger charge is -2.52. The van der Waals surface area contributed by atoms with Crippen LogP contribution < -0.4 is 10.1 Å². The van der Waals surface area contributed by atoms with Gasteiger partial charge >= 0.3 is 0 Å². The van der Waals surface area contributed by atoms with Crippen molar-refractivity contribution in [1.29, 1.82) is 0 Å². The minimum absolute atomic E-state index is 0.257. The molecule has 1 aromatic carbocycles. The zero-order valence-corrected chi connectivity index (χ0v) is 16.6. The van der Waals surface area contributed by atoms with Crippen molar-refractivity contribution in [3.05, 3.63) is 47.3 Å². The van der Waals surface area contributed by atoms with E-state index in [4.69, 9.17) is 9.26 Å². The van der Waals surface area contributed by atoms with Gasteiger partial charge in [-0.05, 0) is 56.0 Å². The summed E-state index contributed by atoms with van der Waals surface area (Å²) >= 11 is 0. The highest BCUT2D eigenvalue weighted by Gasteiger charge is 2.47. The fourth-order valence-corrected chi connectivity index (χ4v) is 3.78. The van der Waals surface area contributed by atoms with E-state index < -0.39 is 0 Å². The average Bonchev–Trinajstić information content (AvgIpc) is 3.04. The normalized spacial score (nSPS) is 21.6. The molecule has 1 aliphatic carbocycles. The third-order valence-corrected chi connectivity index (χ3v) is 5.72. The Bertz CT molecular complexity index is 706. The average molecular weight is 357 g/mol. The summed E-state index contributed by atoms with van der Waals surface area (Å²) in [7, 11) is 5.77. The maximum Gasteiger partial charge on any atom is 0.150 e. The summed E-state index contributed by atoms with van der Waals surface area (Å²) in [6.07, 6.45) is 2.17. The van der Waals surface area contributed by atoms with Gasteiger partial charge in [0.1, 0.15) is 5.75 Å². The van der Waals surface area contributed by atoms with Crippen LogP contribution in [0.25, 0.3) is 0 Å². The third kappa shape index (κ3) is 4.27. The highest BCUT2D eigenvalue weighted by molar-refractivity contribution is 5.27. The van der Waals surface area contributed by atoms with Gasteiger partial charge in [0.15, 0.2) is 5.76 Å². The predicted molar refractivity (Wildman–Crippen MR) is 103 cm³/mol. The number of hydrogen-bond acceptors (Lipinski definition) is 5. The van der Waals surface area contributed by atoms with Crippen molar-refractivity contribution in [3.63, 3.8) is 0 Å². The Morgan fingerprint density at radius 1 is 1.27 bits per heavy atom. The summed E-state index contributed by atoms with van der Waals surface area (Å²) in [6.45, 7) is 6.40. The lowest BCUT2D eigenvalue weighted by molar-refractivity contribution is 0.0125. The molecule has 2 unspecified atom stereocenters. The molecule has 2 aromatic rings. The maximum atomic E-state index is 5.45. The lowest BCUT2D eigenvalue weighted by atomic mass is 9.57. The van der Waals surface area contributed by atoms with Crippen LogP contribution in [0.3, 0.4) is 0 Å². The van der Waals surface area contributed by atoms with E-state index in [9.17, 15) is 0 Å². The molecule has 1 N–H and O–H groups in total. The molecule has 142 valence electrons. The maximum absolute atomic E-state index is 5.45. The first-order chi connectivity index (χ1) is 12.4. The molecule has 1 aromatic heterocycles. The number of nitrogens with one attached hydrogen (secondary N) is 1. The molecule has 0 aliphatic heterocycles. The first-order valence-electron chi connectivity index (χ1n) is 9.34. The second-order valence-corrected chi connectivity index (χ2v) is 8.26. The van der Waals surface area contributed by atoms with Crippen molar-refractivity contribution < 1.29 is 9.26 Å². The van der Waals surface area contributed by atoms with Crippen molar-refractivity contribution in [2.75, 3.05) is 21.2 Å². The van der Waals surface area contributed by atoms with Crippen LogP contribution in [0.2, 0.25) is 0 Å². The molecular formula is C21H31N3O2. The van der Waals surface area contributed by atoms with Gasteiger partial charge in [-0.15, -0.1) is 0 Å². The molecule has 0 amide bonds. The molecule has 5 heteroatoms. The van der Waals surface area contributed by atoms with E-state index in [-0.39, 0.29) is 5.41 Å². The Hall–Kier alpha value is -1.85. The summed E-state index contributed by atoms with van der Waals surface area (Å²) in [5.41, 5.74) is 2.62. The first kappa shape index (κ1) is 18.9. The Morgan fingerprint density at radius 3 is 2.62 bits per heavy atom. The first-order valence-corrected chi connectivity index (χ1v) is 9.34. The van der Waals surface area contributed by atoms with Crippen LogP contribution in [0.5, 0.6) is 5.75 Å². The second kappa shape index (κ2) is 7.80. The van der Waals surface area contributed by atoms with Crippen LogP contribution in [0.1, 0.15) is 37.3 Å². The van der Waals surface area contributed by atoms with E-state index in [1.54, 1.807) is 7.11 Å². The fraction of sp³-hybridized carbons (Fsp3) is 0.571. The highest BCUT2D eigenvalue weighted by Crippen LogP contribution is 2.47. The zero-order chi connectivity index (χ0) is 18.7. The van der Waals surface area contributed by atoms with Crippen LogP contribution in [0, 0.1) is 11.3 Å². The van der Waals surface area contributed by atoms with Gasteiger partial charge in [0.25, 0.3) is 0 Å². The van der Waals surface area contributed by atoms with Crippen LogP contribution >= 0.6 is 0 Å². The Balaban J connectivity index is 1.50. The van der Waals surface area contributed by atoms with Crippen LogP contribution in [0.15, 0.2) is 34.9 Å². The zero-order valence-electron chi connectivity index (χ0n) is 16.6. The SMILES string of the molecule is COc1ccc(CNC2CC(Cc3cc(CN(C)C)on3)C2(C)C)cc1. The Labute approximate surface area is 156 Å². The van der Waals surface area contributed by atoms with Gasteiger partial charge < -0.3 is 19.5 Å². The second-order valence-electron chi connectivity index (χ2n) is 8.26. The standard InChI is InChI=1S/C21H31N3O2/c1-21(2)16(10-17-12-19(26-23-17)14-24(3)4)11-20(21)22-13-15-6-8-18(25-5)9-7-15/h6-9,12,16,20,22H,10-11,13-14H2,1-5H3. The van der Waals surface area contributed by atoms with E-state index in [0.29, 0.717) is 12.0 Å². The minimum atomic E-state index is 0.257. The smallest absolute Gasteiger partial charge is 0.150 e. The van der Waals surface area contributed by atoms with Gasteiger partial charge in [0.2, 0.25) is 0 Å². The Kier molecular flexibility index (Phi) is 5.68. The number of rotatable bonds is 8. The molecule has 26 heavy (non-hydrogen) atoms. The van der Waals surface area contributed by atoms with Crippen molar-refractivity contribution >= 4 is 0 Å². The highest BCUT2D eigenvalue weighted by atomic mass is 16.5. The number of ether oxygens (including phenoxy) is 1. The van der Waals surface area contributed by atoms with Crippen molar-refractivity contribution in [3.8, 4) is 5.75 Å². The van der Waals surface area contributed by atoms with Gasteiger partial charge in [0.05, 0.1) is 19.3 Å². The minimum Gasteiger partial charge on any atom is -0.497 e. The molecule has 1 saturated carbocycles. The summed E-state index contributed by atoms with van der Waals surface area (Å²) < 4.78 is 10.7. The van der Waals surface area contributed by atoms with Gasteiger partial charge in [-0.1, -0.05) is 31.1 Å². The quantitative estimate of drug-likeness (QED) is 0.784. The largest absolute Gasteiger partial charge is 0.497 e. The summed E-state index contributed by atoms with van der Waals surface area (Å²) in [5, 5.41) is 7.98. The van der Waals surface area contributed by atoms with Crippen LogP contribution in [-0.2, 0) is 19.5 Å². The molecule has 0 bridgehead atoms.